The highest BCUT2D eigenvalue weighted by molar-refractivity contribution is 5.43. The van der Waals surface area contributed by atoms with Crippen molar-refractivity contribution in [2.45, 2.75) is 45.8 Å². The summed E-state index contributed by atoms with van der Waals surface area (Å²) in [6.45, 7) is 6.07. The number of aliphatic hydroxyl groups is 1. The van der Waals surface area contributed by atoms with Gasteiger partial charge in [-0.2, -0.15) is 0 Å². The van der Waals surface area contributed by atoms with Gasteiger partial charge in [-0.25, -0.2) is 0 Å². The Morgan fingerprint density at radius 3 is 2.60 bits per heavy atom. The lowest BCUT2D eigenvalue weighted by molar-refractivity contribution is 0.230. The number of benzene rings is 1. The zero-order valence-electron chi connectivity index (χ0n) is 12.8. The monoisotopic (exact) mass is 281 g/mol. The van der Waals surface area contributed by atoms with Gasteiger partial charge in [0.15, 0.2) is 11.5 Å². The molecule has 0 saturated heterocycles. The summed E-state index contributed by atoms with van der Waals surface area (Å²) in [5.74, 6) is 1.56. The number of rotatable bonds is 10. The van der Waals surface area contributed by atoms with Crippen molar-refractivity contribution < 1.29 is 14.6 Å². The van der Waals surface area contributed by atoms with Crippen LogP contribution in [-0.4, -0.2) is 31.5 Å². The van der Waals surface area contributed by atoms with Crippen molar-refractivity contribution in [2.24, 2.45) is 0 Å². The molecule has 0 spiro atoms. The van der Waals surface area contributed by atoms with Crippen molar-refractivity contribution in [3.8, 4) is 11.5 Å². The van der Waals surface area contributed by atoms with Crippen LogP contribution >= 0.6 is 0 Å². The molecule has 0 amide bonds. The first-order valence-corrected chi connectivity index (χ1v) is 7.32. The van der Waals surface area contributed by atoms with E-state index >= 15 is 0 Å². The Bertz CT molecular complexity index is 380. The Labute approximate surface area is 122 Å². The lowest BCUT2D eigenvalue weighted by Crippen LogP contribution is -2.15. The van der Waals surface area contributed by atoms with Gasteiger partial charge in [0, 0.05) is 13.2 Å². The third-order valence-electron chi connectivity index (χ3n) is 2.93. The van der Waals surface area contributed by atoms with Gasteiger partial charge >= 0.3 is 0 Å². The molecule has 1 aromatic carbocycles. The molecule has 0 heterocycles. The summed E-state index contributed by atoms with van der Waals surface area (Å²) in [6.07, 6.45) is 3.18. The van der Waals surface area contributed by atoms with E-state index in [0.717, 1.165) is 43.9 Å². The van der Waals surface area contributed by atoms with Crippen molar-refractivity contribution in [2.75, 3.05) is 20.3 Å². The maximum absolute atomic E-state index is 8.70. The van der Waals surface area contributed by atoms with E-state index in [1.807, 2.05) is 26.0 Å². The molecule has 0 fully saturated rings. The number of ether oxygens (including phenoxy) is 2. The highest BCUT2D eigenvalue weighted by atomic mass is 16.5. The fourth-order valence-corrected chi connectivity index (χ4v) is 1.94. The maximum atomic E-state index is 8.70. The maximum Gasteiger partial charge on any atom is 0.161 e. The van der Waals surface area contributed by atoms with Gasteiger partial charge in [0.25, 0.3) is 0 Å². The van der Waals surface area contributed by atoms with E-state index in [-0.39, 0.29) is 12.7 Å². The topological polar surface area (TPSA) is 50.7 Å². The second kappa shape index (κ2) is 9.61. The first kappa shape index (κ1) is 16.8. The van der Waals surface area contributed by atoms with Crippen LogP contribution < -0.4 is 14.8 Å². The second-order valence-electron chi connectivity index (χ2n) is 5.11. The number of unbranched alkanes of at least 4 members (excludes halogenated alkanes) is 2. The molecule has 0 atom stereocenters. The third-order valence-corrected chi connectivity index (χ3v) is 2.93. The van der Waals surface area contributed by atoms with E-state index in [2.05, 4.69) is 11.4 Å². The predicted molar refractivity (Wildman–Crippen MR) is 81.4 cm³/mol. The smallest absolute Gasteiger partial charge is 0.161 e. The van der Waals surface area contributed by atoms with Crippen LogP contribution in [0.25, 0.3) is 0 Å². The zero-order valence-corrected chi connectivity index (χ0v) is 12.8. The molecule has 0 saturated carbocycles. The van der Waals surface area contributed by atoms with Gasteiger partial charge in [-0.3, -0.25) is 0 Å². The molecule has 0 unspecified atom stereocenters. The predicted octanol–water partition coefficient (Wildman–Crippen LogP) is 2.73. The van der Waals surface area contributed by atoms with Crippen LogP contribution in [0.1, 0.15) is 38.7 Å². The first-order valence-electron chi connectivity index (χ1n) is 7.32. The van der Waals surface area contributed by atoms with Crippen LogP contribution in [0.2, 0.25) is 0 Å². The summed E-state index contributed by atoms with van der Waals surface area (Å²) in [4.78, 5) is 0. The second-order valence-corrected chi connectivity index (χ2v) is 5.11. The van der Waals surface area contributed by atoms with Gasteiger partial charge in [0.05, 0.1) is 13.2 Å². The van der Waals surface area contributed by atoms with E-state index in [1.165, 1.54) is 5.56 Å². The van der Waals surface area contributed by atoms with E-state index < -0.39 is 0 Å². The van der Waals surface area contributed by atoms with Gasteiger partial charge in [-0.1, -0.05) is 6.07 Å². The van der Waals surface area contributed by atoms with E-state index in [9.17, 15) is 0 Å². The highest BCUT2D eigenvalue weighted by Gasteiger charge is 2.07. The SMILES string of the molecule is COc1cc(CNCCCCCO)ccc1OC(C)C. The van der Waals surface area contributed by atoms with Gasteiger partial charge < -0.3 is 19.9 Å². The molecule has 20 heavy (non-hydrogen) atoms. The summed E-state index contributed by atoms with van der Waals surface area (Å²) >= 11 is 0. The van der Waals surface area contributed by atoms with Crippen molar-refractivity contribution in [3.05, 3.63) is 23.8 Å². The molecule has 4 heteroatoms. The normalized spacial score (nSPS) is 10.8. The first-order chi connectivity index (χ1) is 9.67. The van der Waals surface area contributed by atoms with Crippen molar-refractivity contribution in [3.63, 3.8) is 0 Å². The summed E-state index contributed by atoms with van der Waals surface area (Å²) in [7, 11) is 1.66. The quantitative estimate of drug-likeness (QED) is 0.648. The van der Waals surface area contributed by atoms with Crippen LogP contribution in [0.4, 0.5) is 0 Å². The molecule has 0 aromatic heterocycles. The molecule has 2 N–H and O–H groups in total. The third kappa shape index (κ3) is 6.26. The number of aliphatic hydroxyl groups excluding tert-OH is 1. The molecule has 1 aromatic rings. The molecule has 0 radical (unpaired) electrons. The standard InChI is InChI=1S/C16H27NO3/c1-13(2)20-15-8-7-14(11-16(15)19-3)12-17-9-5-4-6-10-18/h7-8,11,13,17-18H,4-6,9-10,12H2,1-3H3. The average Bonchev–Trinajstić information content (AvgIpc) is 2.43. The zero-order chi connectivity index (χ0) is 14.8. The lowest BCUT2D eigenvalue weighted by atomic mass is 10.2. The van der Waals surface area contributed by atoms with Crippen LogP contribution in [0.3, 0.4) is 0 Å². The van der Waals surface area contributed by atoms with Gasteiger partial charge in [0.2, 0.25) is 0 Å². The number of hydrogen-bond acceptors (Lipinski definition) is 4. The van der Waals surface area contributed by atoms with E-state index in [0.29, 0.717) is 0 Å². The molecular formula is C16H27NO3. The van der Waals surface area contributed by atoms with Crippen molar-refractivity contribution in [1.82, 2.24) is 5.32 Å². The Morgan fingerprint density at radius 1 is 1.15 bits per heavy atom. The van der Waals surface area contributed by atoms with Crippen molar-refractivity contribution in [1.29, 1.82) is 0 Å². The van der Waals surface area contributed by atoms with Gasteiger partial charge in [-0.15, -0.1) is 0 Å². The Kier molecular flexibility index (Phi) is 8.07. The van der Waals surface area contributed by atoms with Crippen LogP contribution in [0.15, 0.2) is 18.2 Å². The molecule has 0 bridgehead atoms. The minimum Gasteiger partial charge on any atom is -0.493 e. The Morgan fingerprint density at radius 2 is 1.95 bits per heavy atom. The van der Waals surface area contributed by atoms with Gasteiger partial charge in [-0.05, 0) is 57.4 Å². The summed E-state index contributed by atoms with van der Waals surface area (Å²) in [5.41, 5.74) is 1.18. The summed E-state index contributed by atoms with van der Waals surface area (Å²) in [6, 6.07) is 6.03. The molecule has 1 rings (SSSR count). The fraction of sp³-hybridized carbons (Fsp3) is 0.625. The summed E-state index contributed by atoms with van der Waals surface area (Å²) in [5, 5.41) is 12.1. The van der Waals surface area contributed by atoms with Crippen LogP contribution in [-0.2, 0) is 6.54 Å². The average molecular weight is 281 g/mol. The largest absolute Gasteiger partial charge is 0.493 e. The molecular weight excluding hydrogens is 254 g/mol. The van der Waals surface area contributed by atoms with Crippen LogP contribution in [0, 0.1) is 0 Å². The molecule has 4 nitrogen and oxygen atoms in total. The fourth-order valence-electron chi connectivity index (χ4n) is 1.94. The van der Waals surface area contributed by atoms with Crippen molar-refractivity contribution >= 4 is 0 Å². The summed E-state index contributed by atoms with van der Waals surface area (Å²) < 4.78 is 11.1. The Hall–Kier alpha value is -1.26. The molecule has 0 aliphatic carbocycles. The molecule has 114 valence electrons. The number of methoxy groups -OCH3 is 1. The highest BCUT2D eigenvalue weighted by Crippen LogP contribution is 2.28. The van der Waals surface area contributed by atoms with E-state index in [4.69, 9.17) is 14.6 Å². The number of nitrogens with one attached hydrogen (secondary N) is 1. The van der Waals surface area contributed by atoms with Crippen LogP contribution in [0.5, 0.6) is 11.5 Å². The molecule has 0 aliphatic rings. The van der Waals surface area contributed by atoms with E-state index in [1.54, 1.807) is 7.11 Å². The lowest BCUT2D eigenvalue weighted by Gasteiger charge is -2.14. The Balaban J connectivity index is 2.43. The molecule has 0 aliphatic heterocycles. The minimum atomic E-state index is 0.138. The number of hydrogen-bond donors (Lipinski definition) is 2. The van der Waals surface area contributed by atoms with Gasteiger partial charge in [0.1, 0.15) is 0 Å². The minimum absolute atomic E-state index is 0.138.